The van der Waals surface area contributed by atoms with Gasteiger partial charge in [0.05, 0.1) is 0 Å². The van der Waals surface area contributed by atoms with Crippen LogP contribution < -0.4 is 0 Å². The fourth-order valence-electron chi connectivity index (χ4n) is 0.793. The van der Waals surface area contributed by atoms with Gasteiger partial charge in [-0.15, -0.1) is 11.3 Å². The first-order chi connectivity index (χ1) is 6.86. The van der Waals surface area contributed by atoms with Gasteiger partial charge in [-0.05, 0) is 18.0 Å². The van der Waals surface area contributed by atoms with Crippen LogP contribution in [0.15, 0.2) is 16.6 Å². The molecule has 0 spiro atoms. The summed E-state index contributed by atoms with van der Waals surface area (Å²) < 4.78 is 0. The van der Waals surface area contributed by atoms with Gasteiger partial charge in [0.2, 0.25) is 0 Å². The number of rotatable bonds is 5. The zero-order valence-electron chi connectivity index (χ0n) is 7.33. The van der Waals surface area contributed by atoms with Crippen molar-refractivity contribution < 1.29 is 4.79 Å². The quantitative estimate of drug-likeness (QED) is 0.245. The molecule has 1 aromatic heterocycles. The maximum absolute atomic E-state index is 10.3. The molecule has 0 aromatic carbocycles. The van der Waals surface area contributed by atoms with E-state index in [0.717, 1.165) is 5.01 Å². The Morgan fingerprint density at radius 2 is 2.57 bits per heavy atom. The lowest BCUT2D eigenvalue weighted by molar-refractivity contribution is 0.111. The van der Waals surface area contributed by atoms with Crippen molar-refractivity contribution in [3.63, 3.8) is 0 Å². The summed E-state index contributed by atoms with van der Waals surface area (Å²) in [6.45, 7) is 0.443. The molecule has 0 bridgehead atoms. The van der Waals surface area contributed by atoms with E-state index in [1.54, 1.807) is 5.38 Å². The molecule has 0 N–H and O–H groups in total. The summed E-state index contributed by atoms with van der Waals surface area (Å²) in [5, 5.41) is 5.86. The molecule has 0 unspecified atom stereocenters. The lowest BCUT2D eigenvalue weighted by Gasteiger charge is -1.83. The van der Waals surface area contributed by atoms with Gasteiger partial charge in [-0.25, -0.2) is 4.98 Å². The van der Waals surface area contributed by atoms with Crippen molar-refractivity contribution in [1.29, 1.82) is 0 Å². The van der Waals surface area contributed by atoms with E-state index < -0.39 is 0 Å². The van der Waals surface area contributed by atoms with Gasteiger partial charge in [0.25, 0.3) is 0 Å². The molecule has 0 aliphatic heterocycles. The van der Waals surface area contributed by atoms with Crippen molar-refractivity contribution in [3.05, 3.63) is 32.6 Å². The Bertz CT molecular complexity index is 378. The van der Waals surface area contributed by atoms with Crippen molar-refractivity contribution in [1.82, 2.24) is 4.98 Å². The fraction of sp³-hybridized carbons (Fsp3) is 0.250. The molecule has 0 aliphatic rings. The summed E-state index contributed by atoms with van der Waals surface area (Å²) in [7, 11) is 0. The molecule has 5 nitrogen and oxygen atoms in total. The predicted octanol–water partition coefficient (Wildman–Crippen LogP) is 2.67. The smallest absolute Gasteiger partial charge is 0.169 e. The summed E-state index contributed by atoms with van der Waals surface area (Å²) in [6, 6.07) is 0. The van der Waals surface area contributed by atoms with Gasteiger partial charge in [0, 0.05) is 16.8 Å². The number of thiazole rings is 1. The van der Waals surface area contributed by atoms with E-state index in [1.807, 2.05) is 12.2 Å². The van der Waals surface area contributed by atoms with Crippen molar-refractivity contribution in [2.24, 2.45) is 5.11 Å². The van der Waals surface area contributed by atoms with E-state index in [9.17, 15) is 4.79 Å². The molecule has 72 valence electrons. The highest BCUT2D eigenvalue weighted by Crippen LogP contribution is 2.10. The molecule has 0 amide bonds. The second-order valence-electron chi connectivity index (χ2n) is 2.37. The van der Waals surface area contributed by atoms with Crippen molar-refractivity contribution in [2.45, 2.75) is 6.42 Å². The molecule has 0 saturated heterocycles. The van der Waals surface area contributed by atoms with E-state index >= 15 is 0 Å². The zero-order valence-corrected chi connectivity index (χ0v) is 8.15. The number of hydrogen-bond donors (Lipinski definition) is 0. The molecule has 0 radical (unpaired) electrons. The van der Waals surface area contributed by atoms with E-state index in [1.165, 1.54) is 11.3 Å². The van der Waals surface area contributed by atoms with Gasteiger partial charge < -0.3 is 0 Å². The first kappa shape index (κ1) is 10.4. The summed E-state index contributed by atoms with van der Waals surface area (Å²) >= 11 is 1.41. The second-order valence-corrected chi connectivity index (χ2v) is 3.26. The molecule has 6 heteroatoms. The number of hydrogen-bond acceptors (Lipinski definition) is 4. The lowest BCUT2D eigenvalue weighted by atomic mass is 10.4. The van der Waals surface area contributed by atoms with Gasteiger partial charge >= 0.3 is 0 Å². The summed E-state index contributed by atoms with van der Waals surface area (Å²) in [6.07, 6.45) is 5.07. The van der Waals surface area contributed by atoms with Crippen molar-refractivity contribution in [2.75, 3.05) is 6.54 Å². The molecule has 1 rings (SSSR count). The minimum Gasteiger partial charge on any atom is -0.296 e. The van der Waals surface area contributed by atoms with E-state index in [4.69, 9.17) is 5.53 Å². The summed E-state index contributed by atoms with van der Waals surface area (Å²) in [4.78, 5) is 16.9. The molecule has 0 fully saturated rings. The molecule has 1 aromatic rings. The molecule has 0 atom stereocenters. The van der Waals surface area contributed by atoms with Gasteiger partial charge in [0.1, 0.15) is 10.7 Å². The maximum atomic E-state index is 10.3. The van der Waals surface area contributed by atoms with Crippen LogP contribution in [0.4, 0.5) is 0 Å². The maximum Gasteiger partial charge on any atom is 0.169 e. The highest BCUT2D eigenvalue weighted by Gasteiger charge is 1.95. The Morgan fingerprint density at radius 1 is 1.71 bits per heavy atom. The number of carbonyl (C=O) groups is 1. The third kappa shape index (κ3) is 3.38. The second kappa shape index (κ2) is 5.90. The number of aldehydes is 1. The average molecular weight is 208 g/mol. The van der Waals surface area contributed by atoms with E-state index in [2.05, 4.69) is 15.0 Å². The zero-order chi connectivity index (χ0) is 10.2. The van der Waals surface area contributed by atoms with Gasteiger partial charge in [-0.2, -0.15) is 0 Å². The number of aromatic nitrogens is 1. The number of azide groups is 1. The molecule has 14 heavy (non-hydrogen) atoms. The largest absolute Gasteiger partial charge is 0.296 e. The Balaban J connectivity index is 2.43. The first-order valence-corrected chi connectivity index (χ1v) is 4.83. The van der Waals surface area contributed by atoms with E-state index in [0.29, 0.717) is 24.9 Å². The molecule has 0 saturated carbocycles. The van der Waals surface area contributed by atoms with Crippen LogP contribution in [0, 0.1) is 0 Å². The number of nitrogens with zero attached hydrogens (tertiary/aromatic N) is 4. The van der Waals surface area contributed by atoms with Crippen LogP contribution >= 0.6 is 11.3 Å². The number of carbonyl (C=O) groups excluding carboxylic acids is 1. The third-order valence-corrected chi connectivity index (χ3v) is 2.21. The van der Waals surface area contributed by atoms with Crippen LogP contribution in [-0.2, 0) is 0 Å². The average Bonchev–Trinajstić information content (AvgIpc) is 2.65. The Hall–Kier alpha value is -1.65. The van der Waals surface area contributed by atoms with Crippen LogP contribution in [0.25, 0.3) is 16.5 Å². The van der Waals surface area contributed by atoms with Gasteiger partial charge in [-0.3, -0.25) is 4.79 Å². The molecular weight excluding hydrogens is 200 g/mol. The lowest BCUT2D eigenvalue weighted by Crippen LogP contribution is -1.78. The van der Waals surface area contributed by atoms with Gasteiger partial charge in [-0.1, -0.05) is 11.2 Å². The van der Waals surface area contributed by atoms with Crippen molar-refractivity contribution >= 4 is 23.7 Å². The highest BCUT2D eigenvalue weighted by atomic mass is 32.1. The Kier molecular flexibility index (Phi) is 4.40. The van der Waals surface area contributed by atoms with Crippen LogP contribution in [-0.4, -0.2) is 17.8 Å². The standard InChI is InChI=1S/C8H8N4OS/c9-12-10-4-2-1-3-8-11-7(5-13)6-14-8/h1,3,5-6H,2,4H2. The van der Waals surface area contributed by atoms with Crippen LogP contribution in [0.1, 0.15) is 21.9 Å². The fourth-order valence-corrected chi connectivity index (χ4v) is 1.48. The molecule has 0 aliphatic carbocycles. The van der Waals surface area contributed by atoms with E-state index in [-0.39, 0.29) is 0 Å². The van der Waals surface area contributed by atoms with Crippen molar-refractivity contribution in [3.8, 4) is 0 Å². The predicted molar refractivity (Wildman–Crippen MR) is 55.2 cm³/mol. The van der Waals surface area contributed by atoms with Gasteiger partial charge in [0.15, 0.2) is 6.29 Å². The summed E-state index contributed by atoms with van der Waals surface area (Å²) in [5.74, 6) is 0. The topological polar surface area (TPSA) is 78.7 Å². The van der Waals surface area contributed by atoms with Crippen LogP contribution in [0.5, 0.6) is 0 Å². The minimum absolute atomic E-state index is 0.443. The highest BCUT2D eigenvalue weighted by molar-refractivity contribution is 7.10. The normalized spacial score (nSPS) is 10.0. The van der Waals surface area contributed by atoms with Crippen LogP contribution in [0.2, 0.25) is 0 Å². The molecular formula is C8H8N4OS. The summed E-state index contributed by atoms with van der Waals surface area (Å²) in [5.41, 5.74) is 8.45. The Labute approximate surface area is 84.7 Å². The SMILES string of the molecule is [N-]=[N+]=NCCC=Cc1nc(C=O)cs1. The van der Waals surface area contributed by atoms with Crippen LogP contribution in [0.3, 0.4) is 0 Å². The first-order valence-electron chi connectivity index (χ1n) is 3.95. The third-order valence-electron chi connectivity index (χ3n) is 1.38. The molecule has 1 heterocycles. The monoisotopic (exact) mass is 208 g/mol. The Morgan fingerprint density at radius 3 is 3.21 bits per heavy atom. The minimum atomic E-state index is 0.443.